The number of rotatable bonds is 4. The van der Waals surface area contributed by atoms with Crippen molar-refractivity contribution in [3.05, 3.63) is 23.8 Å². The summed E-state index contributed by atoms with van der Waals surface area (Å²) in [7, 11) is 2.92. The Kier molecular flexibility index (Phi) is 2.74. The topological polar surface area (TPSA) is 18.5 Å². The minimum Gasteiger partial charge on any atom is -0.493 e. The van der Waals surface area contributed by atoms with E-state index in [9.17, 15) is 8.78 Å². The molecule has 88 valence electrons. The molecule has 1 saturated carbocycles. The Bertz CT molecular complexity index is 387. The minimum absolute atomic E-state index is 0.00708. The average molecular weight is 228 g/mol. The minimum atomic E-state index is -2.75. The van der Waals surface area contributed by atoms with Crippen molar-refractivity contribution in [2.24, 2.45) is 5.92 Å². The highest BCUT2D eigenvalue weighted by Crippen LogP contribution is 2.50. The van der Waals surface area contributed by atoms with Gasteiger partial charge in [-0.15, -0.1) is 0 Å². The quantitative estimate of drug-likeness (QED) is 0.787. The molecule has 1 aliphatic carbocycles. The SMILES string of the molecule is COc1ccc(C(F)(F)C2CC2)cc1OC. The standard InChI is InChI=1S/C12H14F2O2/c1-15-10-6-5-9(7-11(10)16-2)12(13,14)8-3-4-8/h5-8H,3-4H2,1-2H3. The van der Waals surface area contributed by atoms with E-state index < -0.39 is 11.8 Å². The molecule has 2 rings (SSSR count). The van der Waals surface area contributed by atoms with Gasteiger partial charge in [0.25, 0.3) is 5.92 Å². The highest BCUT2D eigenvalue weighted by Gasteiger charge is 2.48. The van der Waals surface area contributed by atoms with Crippen molar-refractivity contribution in [1.82, 2.24) is 0 Å². The van der Waals surface area contributed by atoms with Crippen LogP contribution < -0.4 is 9.47 Å². The largest absolute Gasteiger partial charge is 0.493 e. The monoisotopic (exact) mass is 228 g/mol. The van der Waals surface area contributed by atoms with E-state index in [2.05, 4.69) is 0 Å². The summed E-state index contributed by atoms with van der Waals surface area (Å²) in [6.45, 7) is 0. The molecule has 0 amide bonds. The lowest BCUT2D eigenvalue weighted by Crippen LogP contribution is -2.16. The van der Waals surface area contributed by atoms with E-state index in [4.69, 9.17) is 9.47 Å². The molecule has 16 heavy (non-hydrogen) atoms. The normalized spacial score (nSPS) is 16.0. The maximum Gasteiger partial charge on any atom is 0.276 e. The van der Waals surface area contributed by atoms with Crippen LogP contribution in [0.4, 0.5) is 8.78 Å². The second-order valence-electron chi connectivity index (χ2n) is 3.97. The van der Waals surface area contributed by atoms with Gasteiger partial charge in [0.15, 0.2) is 11.5 Å². The van der Waals surface area contributed by atoms with Gasteiger partial charge in [0, 0.05) is 11.5 Å². The van der Waals surface area contributed by atoms with Crippen LogP contribution in [0.2, 0.25) is 0 Å². The number of methoxy groups -OCH3 is 2. The van der Waals surface area contributed by atoms with Crippen LogP contribution in [0.15, 0.2) is 18.2 Å². The van der Waals surface area contributed by atoms with Gasteiger partial charge in [-0.3, -0.25) is 0 Å². The summed E-state index contributed by atoms with van der Waals surface area (Å²) < 4.78 is 37.6. The van der Waals surface area contributed by atoms with Gasteiger partial charge in [0.2, 0.25) is 0 Å². The number of hydrogen-bond acceptors (Lipinski definition) is 2. The average Bonchev–Trinajstić information content (AvgIpc) is 3.12. The molecule has 1 fully saturated rings. The third-order valence-electron chi connectivity index (χ3n) is 2.86. The van der Waals surface area contributed by atoms with Crippen molar-refractivity contribution in [1.29, 1.82) is 0 Å². The number of halogens is 2. The van der Waals surface area contributed by atoms with Crippen LogP contribution in [0.3, 0.4) is 0 Å². The first-order valence-electron chi connectivity index (χ1n) is 5.20. The zero-order chi connectivity index (χ0) is 11.8. The predicted molar refractivity (Wildman–Crippen MR) is 56.2 cm³/mol. The molecule has 0 radical (unpaired) electrons. The van der Waals surface area contributed by atoms with E-state index >= 15 is 0 Å². The summed E-state index contributed by atoms with van der Waals surface area (Å²) in [5, 5.41) is 0. The predicted octanol–water partition coefficient (Wildman–Crippen LogP) is 3.21. The van der Waals surface area contributed by atoms with E-state index in [0.29, 0.717) is 24.3 Å². The number of hydrogen-bond donors (Lipinski definition) is 0. The van der Waals surface area contributed by atoms with E-state index in [1.165, 1.54) is 32.4 Å². The van der Waals surface area contributed by atoms with Gasteiger partial charge in [-0.1, -0.05) is 0 Å². The first-order valence-corrected chi connectivity index (χ1v) is 5.20. The molecule has 0 aromatic heterocycles. The number of benzene rings is 1. The van der Waals surface area contributed by atoms with Gasteiger partial charge in [-0.25, -0.2) is 8.78 Å². The fourth-order valence-corrected chi connectivity index (χ4v) is 1.73. The van der Waals surface area contributed by atoms with Gasteiger partial charge < -0.3 is 9.47 Å². The van der Waals surface area contributed by atoms with E-state index in [1.54, 1.807) is 0 Å². The van der Waals surface area contributed by atoms with Crippen LogP contribution in [0.1, 0.15) is 18.4 Å². The van der Waals surface area contributed by atoms with Crippen LogP contribution in [0, 0.1) is 5.92 Å². The Morgan fingerprint density at radius 3 is 2.25 bits per heavy atom. The summed E-state index contributed by atoms with van der Waals surface area (Å²) in [5.41, 5.74) is 0.00708. The zero-order valence-electron chi connectivity index (χ0n) is 9.30. The third-order valence-corrected chi connectivity index (χ3v) is 2.86. The fourth-order valence-electron chi connectivity index (χ4n) is 1.73. The molecule has 1 aromatic rings. The Morgan fingerprint density at radius 2 is 1.75 bits per heavy atom. The Morgan fingerprint density at radius 1 is 1.12 bits per heavy atom. The Balaban J connectivity index is 2.35. The highest BCUT2D eigenvalue weighted by molar-refractivity contribution is 5.44. The second-order valence-corrected chi connectivity index (χ2v) is 3.97. The zero-order valence-corrected chi connectivity index (χ0v) is 9.30. The molecule has 0 N–H and O–H groups in total. The van der Waals surface area contributed by atoms with Crippen LogP contribution in [-0.2, 0) is 5.92 Å². The summed E-state index contributed by atoms with van der Waals surface area (Å²) in [6.07, 6.45) is 1.20. The summed E-state index contributed by atoms with van der Waals surface area (Å²) in [6, 6.07) is 4.28. The highest BCUT2D eigenvalue weighted by atomic mass is 19.3. The summed E-state index contributed by atoms with van der Waals surface area (Å²) in [5.74, 6) is -2.44. The Labute approximate surface area is 93.2 Å². The molecule has 0 atom stereocenters. The van der Waals surface area contributed by atoms with Crippen LogP contribution in [-0.4, -0.2) is 14.2 Å². The maximum atomic E-state index is 13.8. The van der Waals surface area contributed by atoms with E-state index in [1.807, 2.05) is 0 Å². The van der Waals surface area contributed by atoms with Crippen molar-refractivity contribution in [2.45, 2.75) is 18.8 Å². The molecule has 0 heterocycles. The lowest BCUT2D eigenvalue weighted by Gasteiger charge is -2.17. The molecular weight excluding hydrogens is 214 g/mol. The first kappa shape index (κ1) is 11.2. The smallest absolute Gasteiger partial charge is 0.276 e. The second kappa shape index (κ2) is 3.92. The van der Waals surface area contributed by atoms with Crippen molar-refractivity contribution in [3.63, 3.8) is 0 Å². The molecule has 1 aromatic carbocycles. The third kappa shape index (κ3) is 1.84. The molecule has 0 aliphatic heterocycles. The van der Waals surface area contributed by atoms with Crippen LogP contribution in [0.5, 0.6) is 11.5 Å². The van der Waals surface area contributed by atoms with Crippen molar-refractivity contribution >= 4 is 0 Å². The molecule has 0 unspecified atom stereocenters. The lowest BCUT2D eigenvalue weighted by molar-refractivity contribution is -0.0287. The number of ether oxygens (including phenoxy) is 2. The molecule has 1 aliphatic rings. The van der Waals surface area contributed by atoms with Gasteiger partial charge in [0.1, 0.15) is 0 Å². The molecule has 2 nitrogen and oxygen atoms in total. The molecular formula is C12H14F2O2. The maximum absolute atomic E-state index is 13.8. The van der Waals surface area contributed by atoms with Crippen LogP contribution >= 0.6 is 0 Å². The summed E-state index contributed by atoms with van der Waals surface area (Å²) >= 11 is 0. The van der Waals surface area contributed by atoms with Crippen molar-refractivity contribution < 1.29 is 18.3 Å². The van der Waals surface area contributed by atoms with Gasteiger partial charge in [-0.05, 0) is 31.0 Å². The number of alkyl halides is 2. The molecule has 4 heteroatoms. The van der Waals surface area contributed by atoms with Crippen molar-refractivity contribution in [3.8, 4) is 11.5 Å². The van der Waals surface area contributed by atoms with Crippen molar-refractivity contribution in [2.75, 3.05) is 14.2 Å². The fraction of sp³-hybridized carbons (Fsp3) is 0.500. The van der Waals surface area contributed by atoms with E-state index in [0.717, 1.165) is 0 Å². The lowest BCUT2D eigenvalue weighted by atomic mass is 10.0. The first-order chi connectivity index (χ1) is 7.59. The van der Waals surface area contributed by atoms with Gasteiger partial charge in [-0.2, -0.15) is 0 Å². The van der Waals surface area contributed by atoms with Crippen LogP contribution in [0.25, 0.3) is 0 Å². The Hall–Kier alpha value is -1.32. The van der Waals surface area contributed by atoms with Gasteiger partial charge >= 0.3 is 0 Å². The van der Waals surface area contributed by atoms with Gasteiger partial charge in [0.05, 0.1) is 14.2 Å². The summed E-state index contributed by atoms with van der Waals surface area (Å²) in [4.78, 5) is 0. The van der Waals surface area contributed by atoms with E-state index in [-0.39, 0.29) is 5.56 Å². The molecule has 0 saturated heterocycles. The molecule has 0 bridgehead atoms. The molecule has 0 spiro atoms.